The van der Waals surface area contributed by atoms with E-state index in [1.54, 1.807) is 20.3 Å². The lowest BCUT2D eigenvalue weighted by molar-refractivity contribution is 0.356. The first-order chi connectivity index (χ1) is 8.56. The monoisotopic (exact) mass is 264 g/mol. The molecule has 0 saturated carbocycles. The van der Waals surface area contributed by atoms with E-state index in [9.17, 15) is 0 Å². The molecule has 0 aliphatic carbocycles. The number of allylic oxidation sites excluding steroid dienone is 1. The second-order valence-corrected chi connectivity index (χ2v) is 4.18. The van der Waals surface area contributed by atoms with Gasteiger partial charge in [-0.2, -0.15) is 0 Å². The molecule has 5 heteroatoms. The van der Waals surface area contributed by atoms with E-state index in [2.05, 4.69) is 16.5 Å². The van der Waals surface area contributed by atoms with E-state index in [0.717, 1.165) is 11.0 Å². The van der Waals surface area contributed by atoms with Crippen LogP contribution < -0.4 is 9.47 Å². The number of nitrogens with zero attached hydrogens (tertiary/aromatic N) is 2. The van der Waals surface area contributed by atoms with E-state index in [4.69, 9.17) is 21.1 Å². The van der Waals surface area contributed by atoms with Crippen LogP contribution in [0, 0.1) is 0 Å². The predicted molar refractivity (Wildman–Crippen MR) is 72.4 cm³/mol. The van der Waals surface area contributed by atoms with Crippen LogP contribution in [-0.2, 0) is 0 Å². The first-order valence-corrected chi connectivity index (χ1v) is 5.69. The largest absolute Gasteiger partial charge is 0.493 e. The van der Waals surface area contributed by atoms with Crippen LogP contribution in [0.25, 0.3) is 16.5 Å². The van der Waals surface area contributed by atoms with Crippen molar-refractivity contribution < 1.29 is 9.47 Å². The van der Waals surface area contributed by atoms with Gasteiger partial charge in [0.25, 0.3) is 0 Å². The minimum absolute atomic E-state index is 0.188. The van der Waals surface area contributed by atoms with Gasteiger partial charge >= 0.3 is 0 Å². The number of aromatic nitrogens is 2. The summed E-state index contributed by atoms with van der Waals surface area (Å²) in [6, 6.07) is 3.60. The molecule has 0 aliphatic heterocycles. The quantitative estimate of drug-likeness (QED) is 0.798. The van der Waals surface area contributed by atoms with Crippen molar-refractivity contribution in [1.82, 2.24) is 9.97 Å². The van der Waals surface area contributed by atoms with Gasteiger partial charge in [0.05, 0.1) is 25.4 Å². The van der Waals surface area contributed by atoms with Crippen molar-refractivity contribution >= 4 is 28.1 Å². The summed E-state index contributed by atoms with van der Waals surface area (Å²) in [5.41, 5.74) is 2.23. The Kier molecular flexibility index (Phi) is 3.39. The third-order valence-electron chi connectivity index (χ3n) is 2.58. The highest BCUT2D eigenvalue weighted by atomic mass is 35.5. The van der Waals surface area contributed by atoms with Crippen molar-refractivity contribution in [3.63, 3.8) is 0 Å². The van der Waals surface area contributed by atoms with E-state index in [1.807, 2.05) is 13.0 Å². The van der Waals surface area contributed by atoms with E-state index >= 15 is 0 Å². The van der Waals surface area contributed by atoms with Crippen LogP contribution in [0.2, 0.25) is 5.28 Å². The molecule has 1 heterocycles. The lowest BCUT2D eigenvalue weighted by Gasteiger charge is -2.11. The maximum atomic E-state index is 5.90. The molecule has 0 unspecified atom stereocenters. The van der Waals surface area contributed by atoms with Gasteiger partial charge < -0.3 is 9.47 Å². The molecule has 0 fully saturated rings. The van der Waals surface area contributed by atoms with Crippen molar-refractivity contribution in [2.45, 2.75) is 6.92 Å². The fourth-order valence-electron chi connectivity index (χ4n) is 1.75. The fraction of sp³-hybridized carbons (Fsp3) is 0.231. The Hall–Kier alpha value is -1.81. The zero-order valence-electron chi connectivity index (χ0n) is 10.5. The summed E-state index contributed by atoms with van der Waals surface area (Å²) in [4.78, 5) is 8.37. The Balaban J connectivity index is 2.83. The molecule has 18 heavy (non-hydrogen) atoms. The van der Waals surface area contributed by atoms with Gasteiger partial charge in [-0.15, -0.1) is 0 Å². The molecule has 1 aromatic heterocycles. The lowest BCUT2D eigenvalue weighted by atomic mass is 10.1. The number of rotatable bonds is 3. The highest BCUT2D eigenvalue weighted by Gasteiger charge is 2.12. The second kappa shape index (κ2) is 4.82. The summed E-state index contributed by atoms with van der Waals surface area (Å²) in [6.07, 6.45) is 0. The summed E-state index contributed by atoms with van der Waals surface area (Å²) < 4.78 is 10.5. The second-order valence-electron chi connectivity index (χ2n) is 3.85. The van der Waals surface area contributed by atoms with Crippen molar-refractivity contribution in [2.24, 2.45) is 0 Å². The minimum atomic E-state index is 0.188. The summed E-state index contributed by atoms with van der Waals surface area (Å²) in [6.45, 7) is 5.76. The number of hydrogen-bond donors (Lipinski definition) is 0. The normalized spacial score (nSPS) is 10.4. The highest BCUT2D eigenvalue weighted by molar-refractivity contribution is 6.28. The van der Waals surface area contributed by atoms with Gasteiger partial charge in [-0.1, -0.05) is 6.58 Å². The Labute approximate surface area is 110 Å². The van der Waals surface area contributed by atoms with Crippen LogP contribution in [0.15, 0.2) is 18.7 Å². The van der Waals surface area contributed by atoms with Crippen LogP contribution in [0.4, 0.5) is 0 Å². The zero-order chi connectivity index (χ0) is 13.3. The molecule has 0 bridgehead atoms. The molecular formula is C13H13ClN2O2. The third-order valence-corrected chi connectivity index (χ3v) is 2.75. The molecule has 1 aromatic carbocycles. The van der Waals surface area contributed by atoms with Gasteiger partial charge in [0, 0.05) is 11.5 Å². The fourth-order valence-corrected chi connectivity index (χ4v) is 1.93. The number of ether oxygens (including phenoxy) is 2. The van der Waals surface area contributed by atoms with Crippen LogP contribution in [0.5, 0.6) is 11.5 Å². The number of benzene rings is 1. The van der Waals surface area contributed by atoms with E-state index in [-0.39, 0.29) is 5.28 Å². The Morgan fingerprint density at radius 2 is 1.78 bits per heavy atom. The van der Waals surface area contributed by atoms with Crippen LogP contribution >= 0.6 is 11.6 Å². The van der Waals surface area contributed by atoms with Crippen LogP contribution in [0.1, 0.15) is 12.6 Å². The Morgan fingerprint density at radius 1 is 1.17 bits per heavy atom. The summed E-state index contributed by atoms with van der Waals surface area (Å²) in [5.74, 6) is 1.23. The molecule has 4 nitrogen and oxygen atoms in total. The van der Waals surface area contributed by atoms with Gasteiger partial charge in [-0.05, 0) is 30.2 Å². The third kappa shape index (κ3) is 2.11. The minimum Gasteiger partial charge on any atom is -0.493 e. The first-order valence-electron chi connectivity index (χ1n) is 5.32. The molecule has 94 valence electrons. The lowest BCUT2D eigenvalue weighted by Crippen LogP contribution is -1.96. The summed E-state index contributed by atoms with van der Waals surface area (Å²) in [7, 11) is 3.16. The number of halogens is 1. The predicted octanol–water partition coefficient (Wildman–Crippen LogP) is 3.33. The number of methoxy groups -OCH3 is 2. The van der Waals surface area contributed by atoms with Gasteiger partial charge in [0.1, 0.15) is 0 Å². The average molecular weight is 265 g/mol. The number of hydrogen-bond acceptors (Lipinski definition) is 4. The van der Waals surface area contributed by atoms with E-state index in [1.165, 1.54) is 0 Å². The van der Waals surface area contributed by atoms with Gasteiger partial charge in [-0.25, -0.2) is 9.97 Å². The van der Waals surface area contributed by atoms with E-state index < -0.39 is 0 Å². The van der Waals surface area contributed by atoms with E-state index in [0.29, 0.717) is 22.7 Å². The molecule has 2 rings (SSSR count). The Morgan fingerprint density at radius 3 is 2.33 bits per heavy atom. The molecule has 0 amide bonds. The van der Waals surface area contributed by atoms with Gasteiger partial charge in [0.2, 0.25) is 5.28 Å². The van der Waals surface area contributed by atoms with Crippen molar-refractivity contribution in [1.29, 1.82) is 0 Å². The molecule has 0 spiro atoms. The SMILES string of the molecule is C=C(C)c1nc(Cl)nc2cc(OC)c(OC)cc12. The smallest absolute Gasteiger partial charge is 0.223 e. The molecule has 0 atom stereocenters. The summed E-state index contributed by atoms with van der Waals surface area (Å²) in [5, 5.41) is 1.03. The van der Waals surface area contributed by atoms with Crippen LogP contribution in [0.3, 0.4) is 0 Å². The molecule has 0 aliphatic rings. The molecule has 0 radical (unpaired) electrons. The number of fused-ring (bicyclic) bond motifs is 1. The van der Waals surface area contributed by atoms with Crippen LogP contribution in [-0.4, -0.2) is 24.2 Å². The Bertz CT molecular complexity index is 626. The molecule has 0 saturated heterocycles. The van der Waals surface area contributed by atoms with Crippen molar-refractivity contribution in [2.75, 3.05) is 14.2 Å². The topological polar surface area (TPSA) is 44.2 Å². The maximum absolute atomic E-state index is 5.90. The average Bonchev–Trinajstić information content (AvgIpc) is 2.35. The van der Waals surface area contributed by atoms with Crippen molar-refractivity contribution in [3.8, 4) is 11.5 Å². The van der Waals surface area contributed by atoms with Crippen molar-refractivity contribution in [3.05, 3.63) is 29.7 Å². The maximum Gasteiger partial charge on any atom is 0.223 e. The first kappa shape index (κ1) is 12.6. The van der Waals surface area contributed by atoms with Gasteiger partial charge in [-0.3, -0.25) is 0 Å². The molecular weight excluding hydrogens is 252 g/mol. The molecule has 2 aromatic rings. The molecule has 0 N–H and O–H groups in total. The van der Waals surface area contributed by atoms with Gasteiger partial charge in [0.15, 0.2) is 11.5 Å². The highest BCUT2D eigenvalue weighted by Crippen LogP contribution is 2.34. The standard InChI is InChI=1S/C13H13ClN2O2/c1-7(2)12-8-5-10(17-3)11(18-4)6-9(8)15-13(14)16-12/h5-6H,1H2,2-4H3. The zero-order valence-corrected chi connectivity index (χ0v) is 11.2. The summed E-state index contributed by atoms with van der Waals surface area (Å²) >= 11 is 5.90.